The monoisotopic (exact) mass is 360 g/mol. The molecule has 2 aromatic carbocycles. The number of carbonyl (C=O) groups excluding carboxylic acids is 1. The summed E-state index contributed by atoms with van der Waals surface area (Å²) in [5.74, 6) is -0.279. The van der Waals surface area contributed by atoms with Crippen LogP contribution < -0.4 is 10.2 Å². The van der Waals surface area contributed by atoms with Crippen LogP contribution in [0.25, 0.3) is 0 Å². The summed E-state index contributed by atoms with van der Waals surface area (Å²) >= 11 is 0. The summed E-state index contributed by atoms with van der Waals surface area (Å²) < 4.78 is 28.5. The number of hydrogen-bond acceptors (Lipinski definition) is 5. The SMILES string of the molecule is CS(=O)(=O)c1cccc(NC(=O)c2ccc(N3CCOCC3)cc2)c1. The first kappa shape index (κ1) is 17.4. The van der Waals surface area contributed by atoms with Crippen molar-refractivity contribution in [2.24, 2.45) is 0 Å². The van der Waals surface area contributed by atoms with Crippen molar-refractivity contribution in [3.05, 3.63) is 54.1 Å². The lowest BCUT2D eigenvalue weighted by atomic mass is 10.1. The van der Waals surface area contributed by atoms with E-state index >= 15 is 0 Å². The third kappa shape index (κ3) is 4.37. The molecule has 1 saturated heterocycles. The third-order valence-corrected chi connectivity index (χ3v) is 5.14. The zero-order valence-electron chi connectivity index (χ0n) is 13.9. The summed E-state index contributed by atoms with van der Waals surface area (Å²) in [5, 5.41) is 2.73. The molecule has 0 unspecified atom stereocenters. The minimum Gasteiger partial charge on any atom is -0.378 e. The predicted octanol–water partition coefficient (Wildman–Crippen LogP) is 2.18. The molecule has 0 aliphatic carbocycles. The lowest BCUT2D eigenvalue weighted by Crippen LogP contribution is -2.36. The molecular weight excluding hydrogens is 340 g/mol. The van der Waals surface area contributed by atoms with Crippen molar-refractivity contribution in [2.45, 2.75) is 4.90 Å². The van der Waals surface area contributed by atoms with Crippen LogP contribution in [0, 0.1) is 0 Å². The summed E-state index contributed by atoms with van der Waals surface area (Å²) in [5.41, 5.74) is 2.02. The van der Waals surface area contributed by atoms with E-state index < -0.39 is 9.84 Å². The molecule has 0 spiro atoms. The third-order valence-electron chi connectivity index (χ3n) is 4.03. The van der Waals surface area contributed by atoms with Crippen LogP contribution in [-0.2, 0) is 14.6 Å². The summed E-state index contributed by atoms with van der Waals surface area (Å²) in [6.07, 6.45) is 1.14. The molecule has 7 heteroatoms. The fourth-order valence-electron chi connectivity index (χ4n) is 2.65. The van der Waals surface area contributed by atoms with E-state index in [4.69, 9.17) is 4.74 Å². The van der Waals surface area contributed by atoms with Gasteiger partial charge in [-0.05, 0) is 42.5 Å². The topological polar surface area (TPSA) is 75.7 Å². The van der Waals surface area contributed by atoms with E-state index in [1.807, 2.05) is 12.1 Å². The van der Waals surface area contributed by atoms with Crippen molar-refractivity contribution in [3.63, 3.8) is 0 Å². The smallest absolute Gasteiger partial charge is 0.255 e. The molecule has 1 fully saturated rings. The van der Waals surface area contributed by atoms with E-state index in [-0.39, 0.29) is 10.8 Å². The number of anilines is 2. The minimum absolute atomic E-state index is 0.174. The first-order chi connectivity index (χ1) is 11.9. The van der Waals surface area contributed by atoms with Crippen LogP contribution in [0.5, 0.6) is 0 Å². The Balaban J connectivity index is 1.71. The number of nitrogens with one attached hydrogen (secondary N) is 1. The Morgan fingerprint density at radius 3 is 2.40 bits per heavy atom. The number of carbonyl (C=O) groups is 1. The molecule has 1 heterocycles. The van der Waals surface area contributed by atoms with Crippen LogP contribution in [0.3, 0.4) is 0 Å². The fourth-order valence-corrected chi connectivity index (χ4v) is 3.32. The standard InChI is InChI=1S/C18H20N2O4S/c1-25(22,23)17-4-2-3-15(13-17)19-18(21)14-5-7-16(8-6-14)20-9-11-24-12-10-20/h2-8,13H,9-12H2,1H3,(H,19,21). The van der Waals surface area contributed by atoms with Crippen LogP contribution in [-0.4, -0.2) is 46.9 Å². The Labute approximate surface area is 147 Å². The van der Waals surface area contributed by atoms with Crippen molar-refractivity contribution in [2.75, 3.05) is 42.8 Å². The van der Waals surface area contributed by atoms with Crippen molar-refractivity contribution >= 4 is 27.1 Å². The number of amides is 1. The Morgan fingerprint density at radius 1 is 1.08 bits per heavy atom. The number of morpholine rings is 1. The van der Waals surface area contributed by atoms with Crippen molar-refractivity contribution in [1.29, 1.82) is 0 Å². The maximum absolute atomic E-state index is 12.4. The molecule has 1 aliphatic heterocycles. The molecule has 0 aromatic heterocycles. The highest BCUT2D eigenvalue weighted by Crippen LogP contribution is 2.19. The van der Waals surface area contributed by atoms with Crippen LogP contribution in [0.15, 0.2) is 53.4 Å². The van der Waals surface area contributed by atoms with Gasteiger partial charge in [0.15, 0.2) is 9.84 Å². The molecular formula is C18H20N2O4S. The molecule has 132 valence electrons. The highest BCUT2D eigenvalue weighted by molar-refractivity contribution is 7.90. The van der Waals surface area contributed by atoms with E-state index in [0.717, 1.165) is 25.0 Å². The average molecular weight is 360 g/mol. The number of ether oxygens (including phenoxy) is 1. The van der Waals surface area contributed by atoms with Gasteiger partial charge in [0.05, 0.1) is 18.1 Å². The van der Waals surface area contributed by atoms with Gasteiger partial charge in [-0.15, -0.1) is 0 Å². The minimum atomic E-state index is -3.31. The van der Waals surface area contributed by atoms with Crippen molar-refractivity contribution < 1.29 is 17.9 Å². The van der Waals surface area contributed by atoms with E-state index in [2.05, 4.69) is 10.2 Å². The van der Waals surface area contributed by atoms with Gasteiger partial charge in [-0.2, -0.15) is 0 Å². The maximum atomic E-state index is 12.4. The van der Waals surface area contributed by atoms with E-state index in [1.54, 1.807) is 24.3 Å². The van der Waals surface area contributed by atoms with Crippen LogP contribution in [0.2, 0.25) is 0 Å². The number of hydrogen-bond donors (Lipinski definition) is 1. The molecule has 0 radical (unpaired) electrons. The van der Waals surface area contributed by atoms with Gasteiger partial charge in [-0.3, -0.25) is 4.79 Å². The number of benzene rings is 2. The fraction of sp³-hybridized carbons (Fsp3) is 0.278. The zero-order valence-corrected chi connectivity index (χ0v) is 14.8. The van der Waals surface area contributed by atoms with Gasteiger partial charge in [-0.25, -0.2) is 8.42 Å². The highest BCUT2D eigenvalue weighted by Gasteiger charge is 2.13. The molecule has 25 heavy (non-hydrogen) atoms. The van der Waals surface area contributed by atoms with Gasteiger partial charge in [0.25, 0.3) is 5.91 Å². The number of sulfone groups is 1. The molecule has 6 nitrogen and oxygen atoms in total. The molecule has 0 saturated carbocycles. The molecule has 3 rings (SSSR count). The van der Waals surface area contributed by atoms with Crippen LogP contribution in [0.4, 0.5) is 11.4 Å². The van der Waals surface area contributed by atoms with Gasteiger partial charge in [0, 0.05) is 36.3 Å². The van der Waals surface area contributed by atoms with E-state index in [0.29, 0.717) is 24.5 Å². The van der Waals surface area contributed by atoms with Crippen molar-refractivity contribution in [3.8, 4) is 0 Å². The van der Waals surface area contributed by atoms with E-state index in [1.165, 1.54) is 12.1 Å². The molecule has 0 bridgehead atoms. The second-order valence-corrected chi connectivity index (χ2v) is 7.92. The van der Waals surface area contributed by atoms with Gasteiger partial charge < -0.3 is 15.0 Å². The number of nitrogens with zero attached hydrogens (tertiary/aromatic N) is 1. The van der Waals surface area contributed by atoms with E-state index in [9.17, 15) is 13.2 Å². The lowest BCUT2D eigenvalue weighted by molar-refractivity contribution is 0.102. The summed E-state index contributed by atoms with van der Waals surface area (Å²) in [6.45, 7) is 3.09. The molecule has 2 aromatic rings. The second kappa shape index (κ2) is 7.25. The highest BCUT2D eigenvalue weighted by atomic mass is 32.2. The quantitative estimate of drug-likeness (QED) is 0.904. The summed E-state index contributed by atoms with van der Waals surface area (Å²) in [7, 11) is -3.31. The van der Waals surface area contributed by atoms with Gasteiger partial charge in [0.1, 0.15) is 0 Å². The maximum Gasteiger partial charge on any atom is 0.255 e. The average Bonchev–Trinajstić information content (AvgIpc) is 2.62. The first-order valence-electron chi connectivity index (χ1n) is 7.98. The first-order valence-corrected chi connectivity index (χ1v) is 9.87. The van der Waals surface area contributed by atoms with Gasteiger partial charge in [0.2, 0.25) is 0 Å². The van der Waals surface area contributed by atoms with Crippen LogP contribution in [0.1, 0.15) is 10.4 Å². The molecule has 0 atom stereocenters. The molecule has 1 N–H and O–H groups in total. The zero-order chi connectivity index (χ0) is 17.9. The summed E-state index contributed by atoms with van der Waals surface area (Å²) in [6, 6.07) is 13.6. The lowest BCUT2D eigenvalue weighted by Gasteiger charge is -2.28. The Bertz CT molecular complexity index is 857. The van der Waals surface area contributed by atoms with Crippen molar-refractivity contribution in [1.82, 2.24) is 0 Å². The van der Waals surface area contributed by atoms with Gasteiger partial charge in [-0.1, -0.05) is 6.07 Å². The number of rotatable bonds is 4. The summed E-state index contributed by atoms with van der Waals surface area (Å²) in [4.78, 5) is 14.8. The normalized spacial score (nSPS) is 15.0. The van der Waals surface area contributed by atoms with Gasteiger partial charge >= 0.3 is 0 Å². The Morgan fingerprint density at radius 2 is 1.76 bits per heavy atom. The molecule has 1 amide bonds. The Hall–Kier alpha value is -2.38. The van der Waals surface area contributed by atoms with Crippen LogP contribution >= 0.6 is 0 Å². The predicted molar refractivity (Wildman–Crippen MR) is 97.0 cm³/mol. The Kier molecular flexibility index (Phi) is 5.06. The second-order valence-electron chi connectivity index (χ2n) is 5.90. The molecule has 1 aliphatic rings. The largest absolute Gasteiger partial charge is 0.378 e.